The third kappa shape index (κ3) is 4.47. The lowest BCUT2D eigenvalue weighted by molar-refractivity contribution is 0.415. The Hall–Kier alpha value is -4.92. The summed E-state index contributed by atoms with van der Waals surface area (Å²) in [6.45, 7) is 1.64. The predicted octanol–water partition coefficient (Wildman–Crippen LogP) is 4.97. The number of H-pyrrole nitrogens is 1. The number of hydrogen-bond donors (Lipinski definition) is 2. The summed E-state index contributed by atoms with van der Waals surface area (Å²) in [5.74, 6) is 1.54. The fraction of sp³-hybridized carbons (Fsp3) is 0.0769. The van der Waals surface area contributed by atoms with E-state index < -0.39 is 11.2 Å². The van der Waals surface area contributed by atoms with Crippen LogP contribution in [-0.2, 0) is 0 Å². The van der Waals surface area contributed by atoms with Crippen molar-refractivity contribution in [3.8, 4) is 57.4 Å². The summed E-state index contributed by atoms with van der Waals surface area (Å²) < 4.78 is 16.7. The summed E-state index contributed by atoms with van der Waals surface area (Å²) in [5, 5.41) is 10.5. The Labute approximate surface area is 199 Å². The molecule has 35 heavy (non-hydrogen) atoms. The summed E-state index contributed by atoms with van der Waals surface area (Å²) in [6.07, 6.45) is 3.18. The normalized spacial score (nSPS) is 10.8. The van der Waals surface area contributed by atoms with E-state index in [1.807, 2.05) is 24.3 Å². The number of nitrogens with zero attached hydrogens (tertiary/aromatic N) is 3. The third-order valence-corrected chi connectivity index (χ3v) is 5.20. The average molecular weight is 468 g/mol. The second kappa shape index (κ2) is 9.14. The number of aromatic hydroxyl groups is 1. The molecular formula is C26H20N4O5. The van der Waals surface area contributed by atoms with Gasteiger partial charge in [-0.3, -0.25) is 4.79 Å². The van der Waals surface area contributed by atoms with Gasteiger partial charge in [-0.05, 0) is 49.4 Å². The van der Waals surface area contributed by atoms with Crippen molar-refractivity contribution in [2.24, 2.45) is 0 Å². The summed E-state index contributed by atoms with van der Waals surface area (Å²) in [4.78, 5) is 28.4. The van der Waals surface area contributed by atoms with Crippen molar-refractivity contribution in [3.05, 3.63) is 89.0 Å². The number of imidazole rings is 1. The number of rotatable bonds is 6. The van der Waals surface area contributed by atoms with Crippen molar-refractivity contribution in [2.45, 2.75) is 6.92 Å². The highest BCUT2D eigenvalue weighted by molar-refractivity contribution is 5.81. The van der Waals surface area contributed by atoms with Crippen molar-refractivity contribution in [2.75, 3.05) is 7.11 Å². The number of hydrogen-bond acceptors (Lipinski definition) is 8. The molecule has 0 spiro atoms. The molecule has 0 fully saturated rings. The number of benzene rings is 2. The van der Waals surface area contributed by atoms with E-state index in [2.05, 4.69) is 15.0 Å². The first-order valence-corrected chi connectivity index (χ1v) is 10.7. The molecule has 0 saturated carbocycles. The number of methoxy groups -OCH3 is 1. The molecule has 0 atom stereocenters. The van der Waals surface area contributed by atoms with Crippen LogP contribution in [0, 0.1) is 6.92 Å². The van der Waals surface area contributed by atoms with Crippen LogP contribution in [0.1, 0.15) is 5.76 Å². The van der Waals surface area contributed by atoms with Crippen molar-refractivity contribution in [1.29, 1.82) is 0 Å². The maximum Gasteiger partial charge on any atom is 0.321 e. The molecule has 9 heteroatoms. The van der Waals surface area contributed by atoms with Gasteiger partial charge in [-0.2, -0.15) is 0 Å². The first-order valence-electron chi connectivity index (χ1n) is 10.7. The third-order valence-electron chi connectivity index (χ3n) is 5.20. The standard InChI is InChI=1S/C26H20N4O5/c1-15-13-20(31)23(32)24(34-15)22-21(16-7-9-18(33-2)10-8-16)29-25(30-22)17-5-3-6-19(14-17)35-26-27-11-4-12-28-26/h3-14,32H,1-2H3,(H,29,30). The molecule has 0 amide bonds. The van der Waals surface area contributed by atoms with E-state index in [1.54, 1.807) is 56.8 Å². The highest BCUT2D eigenvalue weighted by Crippen LogP contribution is 2.37. The minimum Gasteiger partial charge on any atom is -0.501 e. The fourth-order valence-electron chi connectivity index (χ4n) is 3.56. The summed E-state index contributed by atoms with van der Waals surface area (Å²) >= 11 is 0. The van der Waals surface area contributed by atoms with E-state index in [-0.39, 0.29) is 11.8 Å². The van der Waals surface area contributed by atoms with Gasteiger partial charge in [0.1, 0.15) is 34.5 Å². The van der Waals surface area contributed by atoms with Crippen LogP contribution < -0.4 is 14.9 Å². The zero-order chi connectivity index (χ0) is 24.4. The highest BCUT2D eigenvalue weighted by Gasteiger charge is 2.22. The van der Waals surface area contributed by atoms with Gasteiger partial charge in [0.15, 0.2) is 5.76 Å². The van der Waals surface area contributed by atoms with Crippen LogP contribution in [0.5, 0.6) is 23.3 Å². The quantitative estimate of drug-likeness (QED) is 0.358. The van der Waals surface area contributed by atoms with Gasteiger partial charge in [0.25, 0.3) is 0 Å². The molecule has 174 valence electrons. The number of aromatic amines is 1. The first kappa shape index (κ1) is 21.9. The van der Waals surface area contributed by atoms with Crippen LogP contribution in [0.2, 0.25) is 0 Å². The fourth-order valence-corrected chi connectivity index (χ4v) is 3.56. The molecular weight excluding hydrogens is 448 g/mol. The molecule has 3 heterocycles. The lowest BCUT2D eigenvalue weighted by Crippen LogP contribution is -2.01. The van der Waals surface area contributed by atoms with E-state index in [9.17, 15) is 9.90 Å². The molecule has 0 aliphatic heterocycles. The van der Waals surface area contributed by atoms with Gasteiger partial charge in [0, 0.05) is 29.6 Å². The SMILES string of the molecule is COc1ccc(-c2nc(-c3cccc(Oc4ncccn4)c3)[nH]c2-c2oc(C)cc(=O)c2O)cc1. The Balaban J connectivity index is 1.63. The summed E-state index contributed by atoms with van der Waals surface area (Å²) in [5.41, 5.74) is 1.75. The number of aryl methyl sites for hydroxylation is 1. The van der Waals surface area contributed by atoms with Crippen molar-refractivity contribution in [1.82, 2.24) is 19.9 Å². The van der Waals surface area contributed by atoms with Crippen LogP contribution >= 0.6 is 0 Å². The van der Waals surface area contributed by atoms with Crippen LogP contribution in [0.25, 0.3) is 34.1 Å². The topological polar surface area (TPSA) is 123 Å². The molecule has 2 aromatic carbocycles. The highest BCUT2D eigenvalue weighted by atomic mass is 16.5. The number of nitrogens with one attached hydrogen (secondary N) is 1. The summed E-state index contributed by atoms with van der Waals surface area (Å²) in [7, 11) is 1.59. The van der Waals surface area contributed by atoms with Crippen molar-refractivity contribution >= 4 is 0 Å². The van der Waals surface area contributed by atoms with Crippen LogP contribution in [0.3, 0.4) is 0 Å². The number of ether oxygens (including phenoxy) is 2. The van der Waals surface area contributed by atoms with Crippen LogP contribution in [0.15, 0.2) is 82.3 Å². The Kier molecular flexibility index (Phi) is 5.72. The summed E-state index contributed by atoms with van der Waals surface area (Å²) in [6, 6.07) is 17.6. The zero-order valence-corrected chi connectivity index (χ0v) is 18.9. The van der Waals surface area contributed by atoms with Gasteiger partial charge >= 0.3 is 6.01 Å². The van der Waals surface area contributed by atoms with Gasteiger partial charge in [-0.1, -0.05) is 12.1 Å². The van der Waals surface area contributed by atoms with E-state index >= 15 is 0 Å². The molecule has 5 rings (SSSR count). The molecule has 2 N–H and O–H groups in total. The van der Waals surface area contributed by atoms with E-state index in [0.29, 0.717) is 40.0 Å². The van der Waals surface area contributed by atoms with Gasteiger partial charge in [0.2, 0.25) is 11.2 Å². The number of aromatic nitrogens is 4. The van der Waals surface area contributed by atoms with Crippen molar-refractivity contribution in [3.63, 3.8) is 0 Å². The first-order chi connectivity index (χ1) is 17.0. The molecule has 0 radical (unpaired) electrons. The zero-order valence-electron chi connectivity index (χ0n) is 18.9. The Morgan fingerprint density at radius 1 is 0.943 bits per heavy atom. The monoisotopic (exact) mass is 468 g/mol. The van der Waals surface area contributed by atoms with Gasteiger partial charge in [-0.15, -0.1) is 0 Å². The molecule has 5 aromatic rings. The minimum absolute atomic E-state index is 0.00431. The second-order valence-corrected chi connectivity index (χ2v) is 7.60. The average Bonchev–Trinajstić information content (AvgIpc) is 3.32. The molecule has 0 unspecified atom stereocenters. The van der Waals surface area contributed by atoms with Gasteiger partial charge in [-0.25, -0.2) is 15.0 Å². The molecule has 0 aliphatic rings. The van der Waals surface area contributed by atoms with Crippen LogP contribution in [0.4, 0.5) is 0 Å². The lowest BCUT2D eigenvalue weighted by atomic mass is 10.1. The maximum absolute atomic E-state index is 12.3. The second-order valence-electron chi connectivity index (χ2n) is 7.60. The lowest BCUT2D eigenvalue weighted by Gasteiger charge is -2.06. The van der Waals surface area contributed by atoms with Crippen molar-refractivity contribution < 1.29 is 19.0 Å². The van der Waals surface area contributed by atoms with E-state index in [1.165, 1.54) is 6.07 Å². The molecule has 9 nitrogen and oxygen atoms in total. The van der Waals surface area contributed by atoms with E-state index in [4.69, 9.17) is 18.9 Å². The Morgan fingerprint density at radius 3 is 2.46 bits per heavy atom. The molecule has 0 saturated heterocycles. The maximum atomic E-state index is 12.3. The minimum atomic E-state index is -0.543. The molecule has 3 aromatic heterocycles. The Bertz CT molecular complexity index is 1540. The predicted molar refractivity (Wildman–Crippen MR) is 128 cm³/mol. The smallest absolute Gasteiger partial charge is 0.321 e. The molecule has 0 aliphatic carbocycles. The van der Waals surface area contributed by atoms with Gasteiger partial charge < -0.3 is 24.0 Å². The molecule has 0 bridgehead atoms. The largest absolute Gasteiger partial charge is 0.501 e. The van der Waals surface area contributed by atoms with E-state index in [0.717, 1.165) is 5.56 Å². The van der Waals surface area contributed by atoms with Crippen LogP contribution in [-0.4, -0.2) is 32.2 Å². The van der Waals surface area contributed by atoms with Gasteiger partial charge in [0.05, 0.1) is 7.11 Å². The Morgan fingerprint density at radius 2 is 1.71 bits per heavy atom.